The van der Waals surface area contributed by atoms with Gasteiger partial charge in [-0.15, -0.1) is 0 Å². The monoisotopic (exact) mass is 251 g/mol. The van der Waals surface area contributed by atoms with Crippen molar-refractivity contribution in [3.63, 3.8) is 0 Å². The minimum absolute atomic E-state index is 0.0901. The van der Waals surface area contributed by atoms with E-state index in [1.54, 1.807) is 6.92 Å². The van der Waals surface area contributed by atoms with Crippen molar-refractivity contribution < 1.29 is 19.6 Å². The fourth-order valence-electron chi connectivity index (χ4n) is 1.31. The van der Waals surface area contributed by atoms with Gasteiger partial charge in [-0.05, 0) is 24.6 Å². The minimum Gasteiger partial charge on any atom is -0.463 e. The molecule has 0 aliphatic rings. The molecule has 1 aromatic rings. The molecular weight excluding hydrogens is 238 g/mol. The summed E-state index contributed by atoms with van der Waals surface area (Å²) in [5, 5.41) is 20.3. The standard InChI is InChI=1S/C12H13NO5/c1-3-18-12(15)8(2)11(14)9-4-6-10(7-5-9)13(16)17/h4-7,11,14H,2-3H2,1H3/t11-/m0/s1. The summed E-state index contributed by atoms with van der Waals surface area (Å²) in [6.45, 7) is 5.28. The molecule has 0 heterocycles. The van der Waals surface area contributed by atoms with Crippen LogP contribution in [0.3, 0.4) is 0 Å². The number of hydrogen-bond acceptors (Lipinski definition) is 5. The quantitative estimate of drug-likeness (QED) is 0.372. The molecule has 96 valence electrons. The number of rotatable bonds is 5. The molecule has 0 amide bonds. The van der Waals surface area contributed by atoms with E-state index in [0.717, 1.165) is 0 Å². The zero-order valence-corrected chi connectivity index (χ0v) is 9.83. The summed E-state index contributed by atoms with van der Waals surface area (Å²) >= 11 is 0. The summed E-state index contributed by atoms with van der Waals surface area (Å²) in [6, 6.07) is 5.23. The van der Waals surface area contributed by atoms with Crippen molar-refractivity contribution in [3.8, 4) is 0 Å². The summed E-state index contributed by atoms with van der Waals surface area (Å²) in [5.74, 6) is -0.691. The maximum Gasteiger partial charge on any atom is 0.336 e. The number of ether oxygens (including phenoxy) is 1. The average Bonchev–Trinajstić information content (AvgIpc) is 2.37. The maximum atomic E-state index is 11.3. The Morgan fingerprint density at radius 3 is 2.50 bits per heavy atom. The van der Waals surface area contributed by atoms with Crippen LogP contribution in [0.5, 0.6) is 0 Å². The van der Waals surface area contributed by atoms with Gasteiger partial charge in [-0.2, -0.15) is 0 Å². The summed E-state index contributed by atoms with van der Waals surface area (Å²) in [7, 11) is 0. The number of nitro benzene ring substituents is 1. The average molecular weight is 251 g/mol. The Balaban J connectivity index is 2.84. The number of carbonyl (C=O) groups excluding carboxylic acids is 1. The van der Waals surface area contributed by atoms with Crippen molar-refractivity contribution >= 4 is 11.7 Å². The maximum absolute atomic E-state index is 11.3. The Bertz CT molecular complexity index is 466. The first-order valence-electron chi connectivity index (χ1n) is 5.25. The Hall–Kier alpha value is -2.21. The van der Waals surface area contributed by atoms with Gasteiger partial charge >= 0.3 is 5.97 Å². The van der Waals surface area contributed by atoms with Gasteiger partial charge in [-0.3, -0.25) is 10.1 Å². The number of aliphatic hydroxyl groups is 1. The Kier molecular flexibility index (Phi) is 4.56. The summed E-state index contributed by atoms with van der Waals surface area (Å²) in [6.07, 6.45) is -1.23. The third-order valence-electron chi connectivity index (χ3n) is 2.29. The molecule has 1 atom stereocenters. The Morgan fingerprint density at radius 2 is 2.06 bits per heavy atom. The lowest BCUT2D eigenvalue weighted by molar-refractivity contribution is -0.384. The Morgan fingerprint density at radius 1 is 1.50 bits per heavy atom. The first-order chi connectivity index (χ1) is 8.47. The molecule has 0 unspecified atom stereocenters. The molecule has 0 radical (unpaired) electrons. The van der Waals surface area contributed by atoms with E-state index in [1.807, 2.05) is 0 Å². The van der Waals surface area contributed by atoms with E-state index in [4.69, 9.17) is 4.74 Å². The first-order valence-corrected chi connectivity index (χ1v) is 5.25. The predicted octanol–water partition coefficient (Wildman–Crippen LogP) is 1.75. The lowest BCUT2D eigenvalue weighted by Gasteiger charge is -2.12. The molecular formula is C12H13NO5. The van der Waals surface area contributed by atoms with E-state index < -0.39 is 17.0 Å². The van der Waals surface area contributed by atoms with E-state index in [0.29, 0.717) is 5.56 Å². The molecule has 0 fully saturated rings. The molecule has 0 spiro atoms. The number of esters is 1. The smallest absolute Gasteiger partial charge is 0.336 e. The van der Waals surface area contributed by atoms with Crippen LogP contribution >= 0.6 is 0 Å². The predicted molar refractivity (Wildman–Crippen MR) is 63.8 cm³/mol. The Labute approximate surface area is 104 Å². The van der Waals surface area contributed by atoms with Crippen molar-refractivity contribution in [1.29, 1.82) is 0 Å². The third kappa shape index (κ3) is 3.14. The van der Waals surface area contributed by atoms with E-state index in [9.17, 15) is 20.0 Å². The molecule has 1 N–H and O–H groups in total. The highest BCUT2D eigenvalue weighted by Gasteiger charge is 2.20. The molecule has 0 aromatic heterocycles. The molecule has 0 bridgehead atoms. The van der Waals surface area contributed by atoms with Gasteiger partial charge in [0.25, 0.3) is 5.69 Å². The van der Waals surface area contributed by atoms with E-state index >= 15 is 0 Å². The van der Waals surface area contributed by atoms with Crippen LogP contribution in [0, 0.1) is 10.1 Å². The van der Waals surface area contributed by atoms with Crippen LogP contribution in [0.4, 0.5) is 5.69 Å². The van der Waals surface area contributed by atoms with Gasteiger partial charge in [0.15, 0.2) is 0 Å². The molecule has 0 aliphatic heterocycles. The SMILES string of the molecule is C=C(C(=O)OCC)[C@H](O)c1ccc([N+](=O)[O-])cc1. The summed E-state index contributed by atoms with van der Waals surface area (Å²) in [5.41, 5.74) is 0.150. The van der Waals surface area contributed by atoms with Crippen LogP contribution in [-0.2, 0) is 9.53 Å². The normalized spacial score (nSPS) is 11.7. The number of benzene rings is 1. The molecule has 6 heteroatoms. The van der Waals surface area contributed by atoms with Gasteiger partial charge in [-0.1, -0.05) is 6.58 Å². The van der Waals surface area contributed by atoms with Gasteiger partial charge in [0, 0.05) is 12.1 Å². The minimum atomic E-state index is -1.23. The highest BCUT2D eigenvalue weighted by molar-refractivity contribution is 5.89. The molecule has 0 saturated heterocycles. The topological polar surface area (TPSA) is 89.7 Å². The van der Waals surface area contributed by atoms with Crippen LogP contribution in [0.2, 0.25) is 0 Å². The molecule has 1 rings (SSSR count). The van der Waals surface area contributed by atoms with Crippen molar-refractivity contribution in [2.45, 2.75) is 13.0 Å². The van der Waals surface area contributed by atoms with Crippen molar-refractivity contribution in [2.75, 3.05) is 6.61 Å². The molecule has 6 nitrogen and oxygen atoms in total. The van der Waals surface area contributed by atoms with E-state index in [1.165, 1.54) is 24.3 Å². The van der Waals surface area contributed by atoms with E-state index in [2.05, 4.69) is 6.58 Å². The number of hydrogen-bond donors (Lipinski definition) is 1. The van der Waals surface area contributed by atoms with Crippen LogP contribution < -0.4 is 0 Å². The summed E-state index contributed by atoms with van der Waals surface area (Å²) < 4.78 is 4.70. The number of aliphatic hydroxyl groups excluding tert-OH is 1. The lowest BCUT2D eigenvalue weighted by atomic mass is 10.0. The first kappa shape index (κ1) is 13.9. The number of nitrogens with zero attached hydrogens (tertiary/aromatic N) is 1. The lowest BCUT2D eigenvalue weighted by Crippen LogP contribution is -2.13. The molecule has 0 saturated carbocycles. The second-order valence-corrected chi connectivity index (χ2v) is 3.50. The van der Waals surface area contributed by atoms with Crippen molar-refractivity contribution in [1.82, 2.24) is 0 Å². The van der Waals surface area contributed by atoms with Gasteiger partial charge < -0.3 is 9.84 Å². The van der Waals surface area contributed by atoms with Crippen LogP contribution in [0.1, 0.15) is 18.6 Å². The van der Waals surface area contributed by atoms with Crippen LogP contribution in [0.15, 0.2) is 36.4 Å². The van der Waals surface area contributed by atoms with Crippen molar-refractivity contribution in [3.05, 3.63) is 52.1 Å². The van der Waals surface area contributed by atoms with Gasteiger partial charge in [0.2, 0.25) is 0 Å². The van der Waals surface area contributed by atoms with Crippen LogP contribution in [0.25, 0.3) is 0 Å². The van der Waals surface area contributed by atoms with Crippen LogP contribution in [-0.4, -0.2) is 22.6 Å². The molecule has 1 aromatic carbocycles. The second kappa shape index (κ2) is 5.92. The van der Waals surface area contributed by atoms with Gasteiger partial charge in [0.1, 0.15) is 6.10 Å². The number of carbonyl (C=O) groups is 1. The molecule has 0 aliphatic carbocycles. The van der Waals surface area contributed by atoms with Gasteiger partial charge in [-0.25, -0.2) is 4.79 Å². The van der Waals surface area contributed by atoms with Gasteiger partial charge in [0.05, 0.1) is 17.1 Å². The zero-order valence-electron chi connectivity index (χ0n) is 9.83. The second-order valence-electron chi connectivity index (χ2n) is 3.50. The number of non-ortho nitro benzene ring substituents is 1. The van der Waals surface area contributed by atoms with Crippen molar-refractivity contribution in [2.24, 2.45) is 0 Å². The summed E-state index contributed by atoms with van der Waals surface area (Å²) in [4.78, 5) is 21.3. The number of nitro groups is 1. The highest BCUT2D eigenvalue weighted by Crippen LogP contribution is 2.23. The molecule has 18 heavy (non-hydrogen) atoms. The highest BCUT2D eigenvalue weighted by atomic mass is 16.6. The largest absolute Gasteiger partial charge is 0.463 e. The zero-order chi connectivity index (χ0) is 13.7. The van der Waals surface area contributed by atoms with E-state index in [-0.39, 0.29) is 17.9 Å². The fourth-order valence-corrected chi connectivity index (χ4v) is 1.31. The fraction of sp³-hybridized carbons (Fsp3) is 0.250. The third-order valence-corrected chi connectivity index (χ3v) is 2.29.